The van der Waals surface area contributed by atoms with Gasteiger partial charge in [-0.3, -0.25) is 4.79 Å². The van der Waals surface area contributed by atoms with Crippen LogP contribution in [-0.4, -0.2) is 28.0 Å². The predicted octanol–water partition coefficient (Wildman–Crippen LogP) is 2.15. The zero-order valence-corrected chi connectivity index (χ0v) is 13.0. The van der Waals surface area contributed by atoms with Crippen molar-refractivity contribution in [1.82, 2.24) is 4.72 Å². The molecule has 118 valence electrons. The van der Waals surface area contributed by atoms with Gasteiger partial charge in [0.25, 0.3) is 0 Å². The third-order valence-corrected chi connectivity index (χ3v) is 4.49. The second kappa shape index (κ2) is 8.09. The monoisotopic (exact) mass is 317 g/mol. The Labute approximate surface area is 124 Å². The van der Waals surface area contributed by atoms with Gasteiger partial charge in [-0.05, 0) is 37.5 Å². The maximum Gasteiger partial charge on any atom is 0.305 e. The van der Waals surface area contributed by atoms with Crippen LogP contribution in [0.15, 0.2) is 23.1 Å². The minimum absolute atomic E-state index is 0.0832. The first-order valence-corrected chi connectivity index (χ1v) is 8.18. The van der Waals surface area contributed by atoms with Gasteiger partial charge in [0.1, 0.15) is 5.82 Å². The summed E-state index contributed by atoms with van der Waals surface area (Å²) in [6.07, 6.45) is 2.28. The van der Waals surface area contributed by atoms with Crippen LogP contribution in [-0.2, 0) is 19.6 Å². The topological polar surface area (TPSA) is 72.5 Å². The summed E-state index contributed by atoms with van der Waals surface area (Å²) in [5, 5.41) is 0. The van der Waals surface area contributed by atoms with E-state index in [1.54, 1.807) is 6.92 Å². The van der Waals surface area contributed by atoms with Gasteiger partial charge in [0.15, 0.2) is 0 Å². The van der Waals surface area contributed by atoms with Crippen molar-refractivity contribution in [3.05, 3.63) is 29.6 Å². The maximum atomic E-state index is 13.4. The van der Waals surface area contributed by atoms with Gasteiger partial charge in [-0.2, -0.15) is 0 Å². The van der Waals surface area contributed by atoms with E-state index in [-0.39, 0.29) is 17.4 Å². The van der Waals surface area contributed by atoms with Crippen molar-refractivity contribution >= 4 is 16.0 Å². The lowest BCUT2D eigenvalue weighted by atomic mass is 10.2. The van der Waals surface area contributed by atoms with Crippen LogP contribution in [0.3, 0.4) is 0 Å². The molecule has 0 spiro atoms. The first kappa shape index (κ1) is 17.6. The Balaban J connectivity index is 2.40. The van der Waals surface area contributed by atoms with Gasteiger partial charge in [0.2, 0.25) is 10.0 Å². The van der Waals surface area contributed by atoms with Crippen molar-refractivity contribution < 1.29 is 22.3 Å². The molecule has 7 heteroatoms. The Morgan fingerprint density at radius 1 is 1.29 bits per heavy atom. The minimum Gasteiger partial charge on any atom is -0.469 e. The summed E-state index contributed by atoms with van der Waals surface area (Å²) in [4.78, 5) is 10.8. The number of ether oxygens (including phenoxy) is 1. The van der Waals surface area contributed by atoms with E-state index in [1.165, 1.54) is 19.2 Å². The smallest absolute Gasteiger partial charge is 0.305 e. The van der Waals surface area contributed by atoms with Crippen molar-refractivity contribution in [2.24, 2.45) is 0 Å². The van der Waals surface area contributed by atoms with Crippen LogP contribution in [0.2, 0.25) is 0 Å². The predicted molar refractivity (Wildman–Crippen MR) is 76.8 cm³/mol. The zero-order chi connectivity index (χ0) is 15.9. The van der Waals surface area contributed by atoms with E-state index in [9.17, 15) is 17.6 Å². The first-order valence-electron chi connectivity index (χ1n) is 6.69. The Kier molecular flexibility index (Phi) is 6.77. The molecule has 0 radical (unpaired) electrons. The summed E-state index contributed by atoms with van der Waals surface area (Å²) in [5.41, 5.74) is 0.400. The molecule has 1 aromatic rings. The lowest BCUT2D eigenvalue weighted by Crippen LogP contribution is -2.25. The molecule has 0 aliphatic rings. The molecule has 0 aromatic heterocycles. The molecule has 0 unspecified atom stereocenters. The summed E-state index contributed by atoms with van der Waals surface area (Å²) >= 11 is 0. The molecule has 0 atom stereocenters. The largest absolute Gasteiger partial charge is 0.469 e. The normalized spacial score (nSPS) is 11.4. The van der Waals surface area contributed by atoms with E-state index in [2.05, 4.69) is 9.46 Å². The number of rotatable bonds is 8. The van der Waals surface area contributed by atoms with Crippen LogP contribution in [0.1, 0.15) is 31.2 Å². The number of hydrogen-bond acceptors (Lipinski definition) is 4. The van der Waals surface area contributed by atoms with E-state index in [1.807, 2.05) is 0 Å². The van der Waals surface area contributed by atoms with Gasteiger partial charge in [0, 0.05) is 13.0 Å². The van der Waals surface area contributed by atoms with Crippen molar-refractivity contribution in [3.63, 3.8) is 0 Å². The van der Waals surface area contributed by atoms with E-state index in [4.69, 9.17) is 0 Å². The van der Waals surface area contributed by atoms with E-state index >= 15 is 0 Å². The van der Waals surface area contributed by atoms with Crippen molar-refractivity contribution in [1.29, 1.82) is 0 Å². The van der Waals surface area contributed by atoms with Gasteiger partial charge in [-0.15, -0.1) is 0 Å². The number of aryl methyl sites for hydroxylation is 1. The fraction of sp³-hybridized carbons (Fsp3) is 0.500. The highest BCUT2D eigenvalue weighted by atomic mass is 32.2. The molecule has 5 nitrogen and oxygen atoms in total. The second-order valence-corrected chi connectivity index (χ2v) is 6.46. The summed E-state index contributed by atoms with van der Waals surface area (Å²) in [6.45, 7) is 1.82. The van der Waals surface area contributed by atoms with Gasteiger partial charge in [0.05, 0.1) is 12.0 Å². The highest BCUT2D eigenvalue weighted by Crippen LogP contribution is 2.14. The van der Waals surface area contributed by atoms with Crippen LogP contribution >= 0.6 is 0 Å². The van der Waals surface area contributed by atoms with Gasteiger partial charge < -0.3 is 4.74 Å². The van der Waals surface area contributed by atoms with Gasteiger partial charge in [-0.25, -0.2) is 17.5 Å². The SMILES string of the molecule is COC(=O)CCCCCNS(=O)(=O)c1ccc(C)c(F)c1. The third-order valence-electron chi connectivity index (χ3n) is 3.03. The van der Waals surface area contributed by atoms with Crippen LogP contribution in [0.4, 0.5) is 4.39 Å². The Morgan fingerprint density at radius 2 is 2.00 bits per heavy atom. The van der Waals surface area contributed by atoms with Crippen LogP contribution in [0, 0.1) is 12.7 Å². The fourth-order valence-electron chi connectivity index (χ4n) is 1.70. The van der Waals surface area contributed by atoms with Crippen molar-refractivity contribution in [2.45, 2.75) is 37.5 Å². The van der Waals surface area contributed by atoms with E-state index in [0.29, 0.717) is 31.2 Å². The molecule has 0 heterocycles. The summed E-state index contributed by atoms with van der Waals surface area (Å²) in [6, 6.07) is 3.81. The Bertz CT molecular complexity index is 587. The van der Waals surface area contributed by atoms with Crippen LogP contribution < -0.4 is 4.72 Å². The number of unbranched alkanes of at least 4 members (excludes halogenated alkanes) is 2. The molecule has 0 saturated carbocycles. The lowest BCUT2D eigenvalue weighted by molar-refractivity contribution is -0.140. The molecule has 1 rings (SSSR count). The Hall–Kier alpha value is -1.47. The molecule has 0 bridgehead atoms. The van der Waals surface area contributed by atoms with Crippen molar-refractivity contribution in [3.8, 4) is 0 Å². The van der Waals surface area contributed by atoms with Gasteiger partial charge >= 0.3 is 5.97 Å². The minimum atomic E-state index is -3.69. The maximum absolute atomic E-state index is 13.4. The number of methoxy groups -OCH3 is 1. The van der Waals surface area contributed by atoms with Crippen LogP contribution in [0.25, 0.3) is 0 Å². The highest BCUT2D eigenvalue weighted by Gasteiger charge is 2.14. The zero-order valence-electron chi connectivity index (χ0n) is 12.2. The standard InChI is InChI=1S/C14H20FNO4S/c1-11-7-8-12(10-13(11)15)21(18,19)16-9-5-3-4-6-14(17)20-2/h7-8,10,16H,3-6,9H2,1-2H3. The average Bonchev–Trinajstić information content (AvgIpc) is 2.45. The molecule has 0 aliphatic heterocycles. The third kappa shape index (κ3) is 5.81. The number of carbonyl (C=O) groups is 1. The molecular weight excluding hydrogens is 297 g/mol. The molecule has 1 aromatic carbocycles. The highest BCUT2D eigenvalue weighted by molar-refractivity contribution is 7.89. The number of halogens is 1. The number of esters is 1. The number of nitrogens with one attached hydrogen (secondary N) is 1. The van der Waals surface area contributed by atoms with E-state index < -0.39 is 15.8 Å². The molecule has 0 amide bonds. The fourth-order valence-corrected chi connectivity index (χ4v) is 2.79. The lowest BCUT2D eigenvalue weighted by Gasteiger charge is -2.07. The second-order valence-electron chi connectivity index (χ2n) is 4.70. The quantitative estimate of drug-likeness (QED) is 0.589. The van der Waals surface area contributed by atoms with E-state index in [0.717, 1.165) is 6.07 Å². The molecule has 0 saturated heterocycles. The first-order chi connectivity index (χ1) is 9.86. The van der Waals surface area contributed by atoms with Crippen LogP contribution in [0.5, 0.6) is 0 Å². The number of carbonyl (C=O) groups excluding carboxylic acids is 1. The average molecular weight is 317 g/mol. The molecular formula is C14H20FNO4S. The number of benzene rings is 1. The Morgan fingerprint density at radius 3 is 2.62 bits per heavy atom. The number of hydrogen-bond donors (Lipinski definition) is 1. The molecule has 1 N–H and O–H groups in total. The summed E-state index contributed by atoms with van der Waals surface area (Å²) < 4.78 is 44.2. The summed E-state index contributed by atoms with van der Waals surface area (Å²) in [5.74, 6) is -0.818. The molecule has 0 aliphatic carbocycles. The number of sulfonamides is 1. The van der Waals surface area contributed by atoms with Crippen molar-refractivity contribution in [2.75, 3.05) is 13.7 Å². The molecule has 21 heavy (non-hydrogen) atoms. The molecule has 0 fully saturated rings. The summed E-state index contributed by atoms with van der Waals surface area (Å²) in [7, 11) is -2.36. The van der Waals surface area contributed by atoms with Gasteiger partial charge in [-0.1, -0.05) is 12.5 Å².